The number of hydrogen-bond acceptors (Lipinski definition) is 4. The molecule has 4 heteroatoms. The third kappa shape index (κ3) is 4.98. The fraction of sp³-hybridized carbons (Fsp3) is 0.211. The molecule has 0 amide bonds. The molecule has 2 rings (SSSR count). The topological polar surface area (TPSA) is 73.9 Å². The maximum atomic E-state index is 12.0. The second-order valence-corrected chi connectivity index (χ2v) is 5.06. The first-order valence-electron chi connectivity index (χ1n) is 7.39. The Morgan fingerprint density at radius 2 is 1.70 bits per heavy atom. The first kappa shape index (κ1) is 16.3. The van der Waals surface area contributed by atoms with E-state index in [1.165, 1.54) is 0 Å². The van der Waals surface area contributed by atoms with Gasteiger partial charge >= 0.3 is 0 Å². The van der Waals surface area contributed by atoms with Gasteiger partial charge in [0.15, 0.2) is 5.78 Å². The largest absolute Gasteiger partial charge is 0.494 e. The second kappa shape index (κ2) is 8.36. The molecule has 0 aliphatic rings. The molecule has 4 nitrogen and oxygen atoms in total. The third-order valence-electron chi connectivity index (χ3n) is 3.37. The van der Waals surface area contributed by atoms with Gasteiger partial charge in [-0.05, 0) is 43.2 Å². The molecule has 23 heavy (non-hydrogen) atoms. The van der Waals surface area contributed by atoms with Gasteiger partial charge in [-0.1, -0.05) is 18.2 Å². The van der Waals surface area contributed by atoms with Crippen molar-refractivity contribution in [2.45, 2.75) is 19.3 Å². The quantitative estimate of drug-likeness (QED) is 0.575. The van der Waals surface area contributed by atoms with Crippen LogP contribution in [0.3, 0.4) is 0 Å². The molecule has 0 radical (unpaired) electrons. The lowest BCUT2D eigenvalue weighted by Crippen LogP contribution is -2.02. The van der Waals surface area contributed by atoms with Crippen molar-refractivity contribution in [1.82, 2.24) is 0 Å². The average molecular weight is 304 g/mol. The van der Waals surface area contributed by atoms with Gasteiger partial charge in [-0.25, -0.2) is 0 Å². The van der Waals surface area contributed by atoms with Crippen LogP contribution >= 0.6 is 0 Å². The van der Waals surface area contributed by atoms with Crippen LogP contribution in [0, 0.1) is 22.7 Å². The summed E-state index contributed by atoms with van der Waals surface area (Å²) in [6.45, 7) is 0.509. The summed E-state index contributed by atoms with van der Waals surface area (Å²) in [5.41, 5.74) is 1.75. The van der Waals surface area contributed by atoms with Crippen molar-refractivity contribution in [1.29, 1.82) is 10.5 Å². The summed E-state index contributed by atoms with van der Waals surface area (Å²) in [5.74, 6) is 0.739. The minimum absolute atomic E-state index is 0.0703. The summed E-state index contributed by atoms with van der Waals surface area (Å²) >= 11 is 0. The highest BCUT2D eigenvalue weighted by Crippen LogP contribution is 2.14. The Morgan fingerprint density at radius 1 is 0.957 bits per heavy atom. The van der Waals surface area contributed by atoms with Crippen molar-refractivity contribution < 1.29 is 9.53 Å². The lowest BCUT2D eigenvalue weighted by molar-refractivity contribution is 0.0978. The highest BCUT2D eigenvalue weighted by atomic mass is 16.5. The fourth-order valence-electron chi connectivity index (χ4n) is 2.11. The number of unbranched alkanes of at least 4 members (excludes halogenated alkanes) is 1. The molecule has 2 aromatic rings. The summed E-state index contributed by atoms with van der Waals surface area (Å²) in [5, 5.41) is 17.5. The van der Waals surface area contributed by atoms with Crippen LogP contribution in [-0.4, -0.2) is 12.4 Å². The Morgan fingerprint density at radius 3 is 2.39 bits per heavy atom. The Kier molecular flexibility index (Phi) is 5.91. The van der Waals surface area contributed by atoms with Crippen LogP contribution in [0.5, 0.6) is 5.75 Å². The van der Waals surface area contributed by atoms with Crippen molar-refractivity contribution in [2.75, 3.05) is 6.61 Å². The Bertz CT molecular complexity index is 752. The molecule has 0 atom stereocenters. The van der Waals surface area contributed by atoms with Gasteiger partial charge in [-0.2, -0.15) is 10.5 Å². The number of Topliss-reactive ketones (excluding diaryl/α,β-unsaturated/α-hetero) is 1. The summed E-state index contributed by atoms with van der Waals surface area (Å²) in [4.78, 5) is 12.0. The number of ketones is 1. The molecule has 0 fully saturated rings. The molecule has 0 unspecified atom stereocenters. The van der Waals surface area contributed by atoms with E-state index in [1.54, 1.807) is 42.5 Å². The molecule has 0 aliphatic carbocycles. The van der Waals surface area contributed by atoms with E-state index >= 15 is 0 Å². The van der Waals surface area contributed by atoms with Gasteiger partial charge in [0.1, 0.15) is 5.75 Å². The van der Waals surface area contributed by atoms with Crippen LogP contribution in [0.25, 0.3) is 0 Å². The van der Waals surface area contributed by atoms with Crippen molar-refractivity contribution in [3.8, 4) is 17.9 Å². The molecule has 0 heterocycles. The van der Waals surface area contributed by atoms with Gasteiger partial charge in [0.2, 0.25) is 0 Å². The van der Waals surface area contributed by atoms with Gasteiger partial charge in [0, 0.05) is 12.0 Å². The van der Waals surface area contributed by atoms with E-state index in [2.05, 4.69) is 6.07 Å². The fourth-order valence-corrected chi connectivity index (χ4v) is 2.11. The van der Waals surface area contributed by atoms with Crippen molar-refractivity contribution in [3.05, 3.63) is 65.2 Å². The average Bonchev–Trinajstić information content (AvgIpc) is 2.61. The van der Waals surface area contributed by atoms with Gasteiger partial charge in [0.25, 0.3) is 0 Å². The molecule has 0 saturated carbocycles. The predicted octanol–water partition coefficient (Wildman–Crippen LogP) is 3.86. The zero-order valence-electron chi connectivity index (χ0n) is 12.7. The van der Waals surface area contributed by atoms with Gasteiger partial charge < -0.3 is 4.74 Å². The number of carbonyl (C=O) groups excluding carboxylic acids is 1. The van der Waals surface area contributed by atoms with Crippen LogP contribution in [-0.2, 0) is 0 Å². The van der Waals surface area contributed by atoms with Crippen LogP contribution in [0.4, 0.5) is 0 Å². The lowest BCUT2D eigenvalue weighted by Gasteiger charge is -2.06. The standard InChI is InChI=1S/C19H16N2O2/c20-13-15-7-9-17(10-8-15)19(22)6-1-2-11-23-18-5-3-4-16(12-18)14-21/h3-5,7-10,12H,1-2,6,11H2. The molecule has 0 aromatic heterocycles. The van der Waals surface area contributed by atoms with E-state index in [0.29, 0.717) is 35.5 Å². The zero-order chi connectivity index (χ0) is 16.5. The minimum atomic E-state index is 0.0703. The van der Waals surface area contributed by atoms with Gasteiger partial charge in [-0.15, -0.1) is 0 Å². The Labute approximate surface area is 135 Å². The normalized spacial score (nSPS) is 9.65. The third-order valence-corrected chi connectivity index (χ3v) is 3.37. The monoisotopic (exact) mass is 304 g/mol. The van der Waals surface area contributed by atoms with E-state index in [-0.39, 0.29) is 5.78 Å². The molecular weight excluding hydrogens is 288 g/mol. The number of nitrogens with zero attached hydrogens (tertiary/aromatic N) is 2. The van der Waals surface area contributed by atoms with E-state index in [1.807, 2.05) is 12.1 Å². The lowest BCUT2D eigenvalue weighted by atomic mass is 10.0. The Hall–Kier alpha value is -3.11. The number of ether oxygens (including phenoxy) is 1. The number of rotatable bonds is 7. The molecular formula is C19H16N2O2. The van der Waals surface area contributed by atoms with Crippen LogP contribution in [0.15, 0.2) is 48.5 Å². The second-order valence-electron chi connectivity index (χ2n) is 5.06. The van der Waals surface area contributed by atoms with Gasteiger partial charge in [0.05, 0.1) is 29.9 Å². The predicted molar refractivity (Wildman–Crippen MR) is 86.0 cm³/mol. The first-order chi connectivity index (χ1) is 11.2. The molecule has 2 aromatic carbocycles. The molecule has 0 spiro atoms. The smallest absolute Gasteiger partial charge is 0.162 e. The maximum Gasteiger partial charge on any atom is 0.162 e. The Balaban J connectivity index is 1.71. The number of hydrogen-bond donors (Lipinski definition) is 0. The molecule has 0 N–H and O–H groups in total. The van der Waals surface area contributed by atoms with Crippen molar-refractivity contribution >= 4 is 5.78 Å². The van der Waals surface area contributed by atoms with Crippen molar-refractivity contribution in [2.24, 2.45) is 0 Å². The minimum Gasteiger partial charge on any atom is -0.494 e. The van der Waals surface area contributed by atoms with Crippen LogP contribution in [0.1, 0.15) is 40.7 Å². The number of carbonyl (C=O) groups is 1. The first-order valence-corrected chi connectivity index (χ1v) is 7.39. The van der Waals surface area contributed by atoms with E-state index in [9.17, 15) is 4.79 Å². The molecule has 0 aliphatic heterocycles. The highest BCUT2D eigenvalue weighted by molar-refractivity contribution is 5.96. The van der Waals surface area contributed by atoms with E-state index < -0.39 is 0 Å². The van der Waals surface area contributed by atoms with Gasteiger partial charge in [-0.3, -0.25) is 4.79 Å². The molecule has 0 bridgehead atoms. The summed E-state index contributed by atoms with van der Waals surface area (Å²) in [7, 11) is 0. The van der Waals surface area contributed by atoms with Crippen LogP contribution in [0.2, 0.25) is 0 Å². The summed E-state index contributed by atoms with van der Waals surface area (Å²) < 4.78 is 5.57. The molecule has 0 saturated heterocycles. The highest BCUT2D eigenvalue weighted by Gasteiger charge is 2.05. The van der Waals surface area contributed by atoms with E-state index in [0.717, 1.165) is 12.8 Å². The number of benzene rings is 2. The number of nitriles is 2. The SMILES string of the molecule is N#Cc1ccc(C(=O)CCCCOc2cccc(C#N)c2)cc1. The molecule has 114 valence electrons. The maximum absolute atomic E-state index is 12.0. The van der Waals surface area contributed by atoms with Crippen LogP contribution < -0.4 is 4.74 Å². The van der Waals surface area contributed by atoms with Crippen molar-refractivity contribution in [3.63, 3.8) is 0 Å². The van der Waals surface area contributed by atoms with E-state index in [4.69, 9.17) is 15.3 Å². The summed E-state index contributed by atoms with van der Waals surface area (Å²) in [6, 6.07) is 17.8. The zero-order valence-corrected chi connectivity index (χ0v) is 12.7. The summed E-state index contributed by atoms with van der Waals surface area (Å²) in [6.07, 6.45) is 1.95.